The number of carbonyl (C=O) groups is 1. The summed E-state index contributed by atoms with van der Waals surface area (Å²) in [7, 11) is 0. The summed E-state index contributed by atoms with van der Waals surface area (Å²) in [6, 6.07) is 5.30. The van der Waals surface area contributed by atoms with Crippen LogP contribution in [0.25, 0.3) is 0 Å². The molecule has 0 bridgehead atoms. The van der Waals surface area contributed by atoms with Crippen molar-refractivity contribution in [3.05, 3.63) is 30.1 Å². The fourth-order valence-electron chi connectivity index (χ4n) is 0.906. The third kappa shape index (κ3) is 3.87. The van der Waals surface area contributed by atoms with Crippen LogP contribution >= 0.6 is 0 Å². The number of nitrogens with zero attached hydrogens (tertiary/aromatic N) is 2. The molecule has 5 heteroatoms. The third-order valence-corrected chi connectivity index (χ3v) is 1.60. The predicted molar refractivity (Wildman–Crippen MR) is 43.6 cm³/mol. The van der Waals surface area contributed by atoms with E-state index in [1.54, 1.807) is 29.1 Å². The Hall–Kier alpha value is -1.60. The van der Waals surface area contributed by atoms with Gasteiger partial charge in [-0.3, -0.25) is 4.79 Å². The molecule has 0 aromatic carbocycles. The van der Waals surface area contributed by atoms with Crippen LogP contribution in [0, 0.1) is 11.3 Å². The Balaban J connectivity index is 0.00000169. The molecule has 0 aliphatic carbocycles. The van der Waals surface area contributed by atoms with Crippen LogP contribution in [0.1, 0.15) is 12.0 Å². The van der Waals surface area contributed by atoms with Gasteiger partial charge in [-0.2, -0.15) is 5.26 Å². The van der Waals surface area contributed by atoms with E-state index >= 15 is 0 Å². The second-order valence-corrected chi connectivity index (χ2v) is 2.58. The summed E-state index contributed by atoms with van der Waals surface area (Å²) in [5.41, 5.74) is 0.576. The molecule has 1 aromatic heterocycles. The number of hydrogen-bond acceptors (Lipinski definition) is 2. The van der Waals surface area contributed by atoms with Gasteiger partial charge in [0.2, 0.25) is 0 Å². The standard InChI is InChI=1S/C9H8N2O2.ClH/c10-7-8-1-4-11(5-2-8)6-3-9(12)13;/h1-2,4-5H,3,6H2;1H. The summed E-state index contributed by atoms with van der Waals surface area (Å²) >= 11 is 0. The molecule has 0 fully saturated rings. The molecule has 0 aliphatic rings. The molecule has 0 amide bonds. The second-order valence-electron chi connectivity index (χ2n) is 2.58. The van der Waals surface area contributed by atoms with Gasteiger partial charge in [0, 0.05) is 12.1 Å². The molecule has 0 aliphatic heterocycles. The first-order valence-corrected chi connectivity index (χ1v) is 3.83. The highest BCUT2D eigenvalue weighted by Crippen LogP contribution is 1.91. The maximum atomic E-state index is 10.2. The summed E-state index contributed by atoms with van der Waals surface area (Å²) in [4.78, 5) is 10.2. The molecule has 0 spiro atoms. The van der Waals surface area contributed by atoms with Crippen LogP contribution in [0.15, 0.2) is 24.5 Å². The van der Waals surface area contributed by atoms with Crippen molar-refractivity contribution in [2.24, 2.45) is 0 Å². The van der Waals surface area contributed by atoms with Gasteiger partial charge >= 0.3 is 5.97 Å². The lowest BCUT2D eigenvalue weighted by molar-refractivity contribution is -0.696. The molecular formula is C9H9ClN2O2. The van der Waals surface area contributed by atoms with E-state index in [-0.39, 0.29) is 18.8 Å². The number of aryl methyl sites for hydroxylation is 1. The van der Waals surface area contributed by atoms with Gasteiger partial charge in [0.15, 0.2) is 18.9 Å². The molecule has 4 nitrogen and oxygen atoms in total. The molecule has 0 saturated carbocycles. The van der Waals surface area contributed by atoms with Crippen LogP contribution < -0.4 is 17.0 Å². The van der Waals surface area contributed by atoms with Gasteiger partial charge in [-0.15, -0.1) is 0 Å². The summed E-state index contributed by atoms with van der Waals surface area (Å²) < 4.78 is 1.73. The summed E-state index contributed by atoms with van der Waals surface area (Å²) in [5.74, 6) is -0.822. The van der Waals surface area contributed by atoms with Gasteiger partial charge in [-0.25, -0.2) is 4.57 Å². The molecule has 0 atom stereocenters. The Morgan fingerprint density at radius 1 is 1.50 bits per heavy atom. The topological polar surface area (TPSA) is 65.0 Å². The average molecular weight is 213 g/mol. The Morgan fingerprint density at radius 3 is 2.50 bits per heavy atom. The molecule has 0 radical (unpaired) electrons. The van der Waals surface area contributed by atoms with E-state index in [0.29, 0.717) is 12.1 Å². The minimum Gasteiger partial charge on any atom is -1.00 e. The number of carboxylic acids is 1. The first kappa shape index (κ1) is 12.4. The van der Waals surface area contributed by atoms with Gasteiger partial charge < -0.3 is 17.5 Å². The van der Waals surface area contributed by atoms with E-state index in [4.69, 9.17) is 10.4 Å². The smallest absolute Gasteiger partial charge is 0.309 e. The average Bonchev–Trinajstić information content (AvgIpc) is 2.15. The molecule has 1 heterocycles. The van der Waals surface area contributed by atoms with Crippen molar-refractivity contribution >= 4 is 5.97 Å². The first-order chi connectivity index (χ1) is 6.22. The monoisotopic (exact) mass is 212 g/mol. The summed E-state index contributed by atoms with van der Waals surface area (Å²) in [6.07, 6.45) is 3.49. The first-order valence-electron chi connectivity index (χ1n) is 3.83. The molecule has 74 valence electrons. The number of nitriles is 1. The minimum absolute atomic E-state index is 0. The largest absolute Gasteiger partial charge is 1.00 e. The molecular weight excluding hydrogens is 204 g/mol. The lowest BCUT2D eigenvalue weighted by Gasteiger charge is -1.92. The van der Waals surface area contributed by atoms with Gasteiger partial charge in [-0.05, 0) is 0 Å². The number of aliphatic carboxylic acids is 1. The van der Waals surface area contributed by atoms with Gasteiger partial charge in [0.25, 0.3) is 0 Å². The van der Waals surface area contributed by atoms with Crippen molar-refractivity contribution in [2.45, 2.75) is 13.0 Å². The molecule has 14 heavy (non-hydrogen) atoms. The van der Waals surface area contributed by atoms with Crippen LogP contribution in [0.4, 0.5) is 0 Å². The molecule has 1 rings (SSSR count). The zero-order valence-corrected chi connectivity index (χ0v) is 8.11. The van der Waals surface area contributed by atoms with E-state index in [1.807, 2.05) is 6.07 Å². The number of carboxylic acid groups (broad SMARTS) is 1. The van der Waals surface area contributed by atoms with E-state index in [9.17, 15) is 4.79 Å². The number of halogens is 1. The van der Waals surface area contributed by atoms with E-state index in [1.165, 1.54) is 0 Å². The highest BCUT2D eigenvalue weighted by molar-refractivity contribution is 5.66. The minimum atomic E-state index is -0.822. The van der Waals surface area contributed by atoms with Crippen molar-refractivity contribution in [3.63, 3.8) is 0 Å². The van der Waals surface area contributed by atoms with E-state index < -0.39 is 5.97 Å². The highest BCUT2D eigenvalue weighted by Gasteiger charge is 2.03. The highest BCUT2D eigenvalue weighted by atomic mass is 35.5. The van der Waals surface area contributed by atoms with Crippen LogP contribution in [0.5, 0.6) is 0 Å². The van der Waals surface area contributed by atoms with Crippen molar-refractivity contribution < 1.29 is 26.9 Å². The number of aromatic nitrogens is 1. The van der Waals surface area contributed by atoms with Crippen molar-refractivity contribution in [2.75, 3.05) is 0 Å². The van der Waals surface area contributed by atoms with Crippen LogP contribution in [-0.4, -0.2) is 11.1 Å². The van der Waals surface area contributed by atoms with Crippen molar-refractivity contribution in [1.82, 2.24) is 0 Å². The van der Waals surface area contributed by atoms with Gasteiger partial charge in [-0.1, -0.05) is 0 Å². The quantitative estimate of drug-likeness (QED) is 0.556. The zero-order chi connectivity index (χ0) is 9.68. The number of pyridine rings is 1. The van der Waals surface area contributed by atoms with Crippen LogP contribution in [-0.2, 0) is 11.3 Å². The van der Waals surface area contributed by atoms with Gasteiger partial charge in [0.1, 0.15) is 6.42 Å². The molecule has 0 saturated heterocycles. The van der Waals surface area contributed by atoms with Gasteiger partial charge in [0.05, 0.1) is 11.6 Å². The lowest BCUT2D eigenvalue weighted by atomic mass is 10.3. The Bertz CT molecular complexity index is 343. The fourth-order valence-corrected chi connectivity index (χ4v) is 0.906. The Morgan fingerprint density at radius 2 is 2.07 bits per heavy atom. The second kappa shape index (κ2) is 5.95. The van der Waals surface area contributed by atoms with Crippen LogP contribution in [0.2, 0.25) is 0 Å². The normalized spacial score (nSPS) is 8.50. The third-order valence-electron chi connectivity index (χ3n) is 1.60. The molecule has 0 unspecified atom stereocenters. The van der Waals surface area contributed by atoms with E-state index in [2.05, 4.69) is 0 Å². The fraction of sp³-hybridized carbons (Fsp3) is 0.222. The van der Waals surface area contributed by atoms with Crippen molar-refractivity contribution in [1.29, 1.82) is 5.26 Å². The predicted octanol–water partition coefficient (Wildman–Crippen LogP) is -2.68. The number of rotatable bonds is 3. The Labute approximate surface area is 87.8 Å². The maximum Gasteiger partial charge on any atom is 0.309 e. The van der Waals surface area contributed by atoms with Crippen molar-refractivity contribution in [3.8, 4) is 6.07 Å². The van der Waals surface area contributed by atoms with Crippen LogP contribution in [0.3, 0.4) is 0 Å². The lowest BCUT2D eigenvalue weighted by Crippen LogP contribution is -3.00. The van der Waals surface area contributed by atoms with E-state index in [0.717, 1.165) is 0 Å². The molecule has 1 aromatic rings. The number of hydrogen-bond donors (Lipinski definition) is 1. The summed E-state index contributed by atoms with van der Waals surface area (Å²) in [6.45, 7) is 0.432. The summed E-state index contributed by atoms with van der Waals surface area (Å²) in [5, 5.41) is 16.9. The SMILES string of the molecule is N#Cc1cc[n+](CCC(=O)O)cc1.[Cl-]. The molecule has 1 N–H and O–H groups in total. The Kier molecular flexibility index (Phi) is 5.27. The maximum absolute atomic E-state index is 10.2. The zero-order valence-electron chi connectivity index (χ0n) is 7.35.